The molecule has 1 aromatic carbocycles. The lowest BCUT2D eigenvalue weighted by Gasteiger charge is -2.28. The van der Waals surface area contributed by atoms with Gasteiger partial charge >= 0.3 is 0 Å². The van der Waals surface area contributed by atoms with Crippen LogP contribution in [0.1, 0.15) is 43.8 Å². The quantitative estimate of drug-likeness (QED) is 0.834. The fourth-order valence-corrected chi connectivity index (χ4v) is 2.96. The number of nitriles is 1. The average Bonchev–Trinajstić information content (AvgIpc) is 2.54. The van der Waals surface area contributed by atoms with Gasteiger partial charge in [0, 0.05) is 11.4 Å². The van der Waals surface area contributed by atoms with Gasteiger partial charge in [-0.05, 0) is 50.6 Å². The summed E-state index contributed by atoms with van der Waals surface area (Å²) in [5, 5.41) is 9.01. The molecule has 0 saturated heterocycles. The Morgan fingerprint density at radius 1 is 1.33 bits per heavy atom. The van der Waals surface area contributed by atoms with E-state index >= 15 is 0 Å². The highest BCUT2D eigenvalue weighted by atomic mass is 35.5. The van der Waals surface area contributed by atoms with E-state index < -0.39 is 28.0 Å². The van der Waals surface area contributed by atoms with Gasteiger partial charge in [0.2, 0.25) is 0 Å². The number of pyridine rings is 1. The van der Waals surface area contributed by atoms with Gasteiger partial charge in [0.05, 0.1) is 10.7 Å². The van der Waals surface area contributed by atoms with Crippen LogP contribution < -0.4 is 4.72 Å². The number of hydrogen-bond donors (Lipinski definition) is 1. The maximum atomic E-state index is 13.5. The average molecular weight is 366 g/mol. The van der Waals surface area contributed by atoms with Crippen molar-refractivity contribution in [2.45, 2.75) is 31.6 Å². The van der Waals surface area contributed by atoms with Gasteiger partial charge in [-0.25, -0.2) is 9.37 Å². The highest BCUT2D eigenvalue weighted by molar-refractivity contribution is 7.90. The predicted molar refractivity (Wildman–Crippen MR) is 93.2 cm³/mol. The molecule has 1 heterocycles. The van der Waals surface area contributed by atoms with E-state index in [0.29, 0.717) is 11.3 Å². The number of nitrogens with one attached hydrogen (secondary N) is 1. The van der Waals surface area contributed by atoms with Crippen LogP contribution in [0.2, 0.25) is 5.02 Å². The van der Waals surface area contributed by atoms with Crippen molar-refractivity contribution in [1.82, 2.24) is 9.71 Å². The molecule has 2 rings (SSSR count). The van der Waals surface area contributed by atoms with Crippen LogP contribution in [0.25, 0.3) is 0 Å². The molecule has 1 unspecified atom stereocenters. The molecule has 0 aliphatic heterocycles. The first-order valence-electron chi connectivity index (χ1n) is 7.22. The molecule has 0 amide bonds. The molecule has 1 N–H and O–H groups in total. The van der Waals surface area contributed by atoms with Crippen LogP contribution >= 0.6 is 11.6 Å². The molecular formula is C17H17ClFN3OS. The summed E-state index contributed by atoms with van der Waals surface area (Å²) in [5.41, 5.74) is 1.37. The van der Waals surface area contributed by atoms with Crippen LogP contribution in [0.5, 0.6) is 0 Å². The minimum atomic E-state index is -1.40. The van der Waals surface area contributed by atoms with Gasteiger partial charge < -0.3 is 4.55 Å². The zero-order valence-electron chi connectivity index (χ0n) is 13.5. The van der Waals surface area contributed by atoms with Crippen molar-refractivity contribution in [3.05, 3.63) is 64.2 Å². The van der Waals surface area contributed by atoms with Crippen LogP contribution in [0.3, 0.4) is 0 Å². The van der Waals surface area contributed by atoms with E-state index in [1.165, 1.54) is 12.1 Å². The molecule has 7 heteroatoms. The molecule has 2 aromatic rings. The lowest BCUT2D eigenvalue weighted by Crippen LogP contribution is -2.41. The molecule has 0 radical (unpaired) electrons. The fraction of sp³-hybridized carbons (Fsp3) is 0.294. The van der Waals surface area contributed by atoms with Crippen molar-refractivity contribution in [2.24, 2.45) is 0 Å². The summed E-state index contributed by atoms with van der Waals surface area (Å²) >= 11 is 4.48. The lowest BCUT2D eigenvalue weighted by atomic mass is 10.0. The summed E-state index contributed by atoms with van der Waals surface area (Å²) in [6.45, 7) is 5.51. The second kappa shape index (κ2) is 7.49. The molecular weight excluding hydrogens is 349 g/mol. The lowest BCUT2D eigenvalue weighted by molar-refractivity contribution is 0.534. The first kappa shape index (κ1) is 18.7. The molecule has 0 saturated carbocycles. The van der Waals surface area contributed by atoms with Crippen LogP contribution in [-0.2, 0) is 11.4 Å². The zero-order valence-corrected chi connectivity index (χ0v) is 15.1. The number of benzene rings is 1. The monoisotopic (exact) mass is 365 g/mol. The Morgan fingerprint density at radius 2 is 2.04 bits per heavy atom. The third-order valence-corrected chi connectivity index (χ3v) is 5.09. The van der Waals surface area contributed by atoms with Gasteiger partial charge in [-0.15, -0.1) is 4.72 Å². The Hall–Kier alpha value is -1.65. The van der Waals surface area contributed by atoms with Gasteiger partial charge in [0.25, 0.3) is 0 Å². The molecule has 0 aliphatic rings. The van der Waals surface area contributed by atoms with Crippen LogP contribution in [0.15, 0.2) is 36.4 Å². The van der Waals surface area contributed by atoms with Crippen molar-refractivity contribution in [3.63, 3.8) is 0 Å². The number of halogens is 2. The van der Waals surface area contributed by atoms with E-state index in [1.54, 1.807) is 24.3 Å². The van der Waals surface area contributed by atoms with Gasteiger partial charge in [0.15, 0.2) is 0 Å². The molecule has 1 aromatic heterocycles. The van der Waals surface area contributed by atoms with Crippen molar-refractivity contribution in [1.29, 1.82) is 5.26 Å². The minimum Gasteiger partial charge on any atom is -0.598 e. The second-order valence-corrected chi connectivity index (χ2v) is 8.57. The van der Waals surface area contributed by atoms with Gasteiger partial charge in [0.1, 0.15) is 28.4 Å². The summed E-state index contributed by atoms with van der Waals surface area (Å²) in [4.78, 5) is 4.26. The van der Waals surface area contributed by atoms with Gasteiger partial charge in [-0.3, -0.25) is 0 Å². The normalized spacial score (nSPS) is 14.0. The van der Waals surface area contributed by atoms with E-state index in [1.807, 2.05) is 26.8 Å². The fourth-order valence-electron chi connectivity index (χ4n) is 1.95. The third-order valence-electron chi connectivity index (χ3n) is 3.24. The van der Waals surface area contributed by atoms with Crippen molar-refractivity contribution in [2.75, 3.05) is 0 Å². The van der Waals surface area contributed by atoms with E-state index in [-0.39, 0.29) is 10.7 Å². The van der Waals surface area contributed by atoms with Gasteiger partial charge in [-0.1, -0.05) is 23.7 Å². The van der Waals surface area contributed by atoms with Crippen molar-refractivity contribution in [3.8, 4) is 6.07 Å². The van der Waals surface area contributed by atoms with E-state index in [2.05, 4.69) is 9.71 Å². The van der Waals surface area contributed by atoms with E-state index in [0.717, 1.165) is 0 Å². The molecule has 126 valence electrons. The summed E-state index contributed by atoms with van der Waals surface area (Å²) in [6, 6.07) is 10.7. The second-order valence-electron chi connectivity index (χ2n) is 6.17. The summed E-state index contributed by atoms with van der Waals surface area (Å²) in [5.74, 6) is -0.533. The summed E-state index contributed by atoms with van der Waals surface area (Å²) < 4.78 is 28.5. The standard InChI is InChI=1S/C17H17ClFN3OS/c1-17(2,3)24(23)22-16(11-7-8-14(19)13(18)9-11)15-6-4-5-12(10-20)21-15/h4-9,16,22H,1-3H3/t16-,24?/m1/s1. The smallest absolute Gasteiger partial charge is 0.141 e. The molecule has 0 bridgehead atoms. The number of aromatic nitrogens is 1. The highest BCUT2D eigenvalue weighted by Gasteiger charge is 2.31. The molecule has 4 nitrogen and oxygen atoms in total. The topological polar surface area (TPSA) is 71.8 Å². The Kier molecular flexibility index (Phi) is 5.83. The number of nitrogens with zero attached hydrogens (tertiary/aromatic N) is 2. The first-order chi connectivity index (χ1) is 11.2. The minimum absolute atomic E-state index is 0.0303. The Bertz CT molecular complexity index is 773. The maximum absolute atomic E-state index is 13.5. The van der Waals surface area contributed by atoms with E-state index in [4.69, 9.17) is 16.9 Å². The van der Waals surface area contributed by atoms with Crippen molar-refractivity contribution < 1.29 is 8.94 Å². The summed E-state index contributed by atoms with van der Waals surface area (Å²) in [7, 11) is 0. The largest absolute Gasteiger partial charge is 0.598 e. The van der Waals surface area contributed by atoms with Gasteiger partial charge in [-0.2, -0.15) is 5.26 Å². The Morgan fingerprint density at radius 3 is 2.62 bits per heavy atom. The SMILES string of the molecule is CC(C)(C)[S+]([O-])N[C@H](c1ccc(F)c(Cl)c1)c1cccc(C#N)n1. The Labute approximate surface area is 149 Å². The molecule has 0 aliphatic carbocycles. The van der Waals surface area contributed by atoms with Crippen molar-refractivity contribution >= 4 is 23.0 Å². The summed E-state index contributed by atoms with van der Waals surface area (Å²) in [6.07, 6.45) is 0. The Balaban J connectivity index is 2.48. The van der Waals surface area contributed by atoms with Crippen LogP contribution in [0.4, 0.5) is 4.39 Å². The third kappa shape index (κ3) is 4.46. The molecule has 0 spiro atoms. The maximum Gasteiger partial charge on any atom is 0.141 e. The predicted octanol–water partition coefficient (Wildman–Crippen LogP) is 3.89. The van der Waals surface area contributed by atoms with Crippen LogP contribution in [0, 0.1) is 17.1 Å². The molecule has 2 atom stereocenters. The molecule has 0 fully saturated rings. The number of rotatable bonds is 4. The zero-order chi connectivity index (χ0) is 17.9. The molecule has 24 heavy (non-hydrogen) atoms. The van der Waals surface area contributed by atoms with Crippen LogP contribution in [-0.4, -0.2) is 14.3 Å². The highest BCUT2D eigenvalue weighted by Crippen LogP contribution is 2.28. The first-order valence-corrected chi connectivity index (χ1v) is 8.75. The van der Waals surface area contributed by atoms with E-state index in [9.17, 15) is 8.94 Å². The number of hydrogen-bond acceptors (Lipinski definition) is 4.